The molecule has 2 heterocycles. The summed E-state index contributed by atoms with van der Waals surface area (Å²) in [6, 6.07) is 7.44. The number of para-hydroxylation sites is 1. The SMILES string of the molecule is CC1CC(CN)CN1C(=O)C1CC(=O)N(c2ccccc2Cl)C1.Cl. The molecule has 132 valence electrons. The molecule has 2 aliphatic rings. The van der Waals surface area contributed by atoms with E-state index in [1.54, 1.807) is 11.0 Å². The van der Waals surface area contributed by atoms with Crippen LogP contribution in [0.15, 0.2) is 24.3 Å². The topological polar surface area (TPSA) is 66.6 Å². The van der Waals surface area contributed by atoms with E-state index in [1.165, 1.54) is 0 Å². The van der Waals surface area contributed by atoms with E-state index in [2.05, 4.69) is 6.92 Å². The molecule has 1 aromatic rings. The molecule has 2 amide bonds. The highest BCUT2D eigenvalue weighted by atomic mass is 35.5. The number of nitrogens with zero attached hydrogens (tertiary/aromatic N) is 2. The number of likely N-dealkylation sites (tertiary alicyclic amines) is 1. The van der Waals surface area contributed by atoms with Gasteiger partial charge in [0.2, 0.25) is 11.8 Å². The highest BCUT2D eigenvalue weighted by Gasteiger charge is 2.41. The van der Waals surface area contributed by atoms with E-state index in [0.29, 0.717) is 36.3 Å². The summed E-state index contributed by atoms with van der Waals surface area (Å²) in [5.74, 6) is 0.0958. The molecule has 2 fully saturated rings. The Morgan fingerprint density at radius 3 is 2.67 bits per heavy atom. The molecular formula is C17H23Cl2N3O2. The zero-order chi connectivity index (χ0) is 16.6. The second-order valence-electron chi connectivity index (χ2n) is 6.53. The Labute approximate surface area is 153 Å². The van der Waals surface area contributed by atoms with Crippen molar-refractivity contribution in [3.05, 3.63) is 29.3 Å². The van der Waals surface area contributed by atoms with Crippen LogP contribution in [0.3, 0.4) is 0 Å². The third-order valence-electron chi connectivity index (χ3n) is 4.90. The van der Waals surface area contributed by atoms with Crippen LogP contribution < -0.4 is 10.6 Å². The maximum absolute atomic E-state index is 12.8. The number of rotatable bonds is 3. The molecular weight excluding hydrogens is 349 g/mol. The third-order valence-corrected chi connectivity index (χ3v) is 5.21. The minimum atomic E-state index is -0.294. The average Bonchev–Trinajstić information content (AvgIpc) is 3.10. The number of hydrogen-bond acceptors (Lipinski definition) is 3. The van der Waals surface area contributed by atoms with Crippen LogP contribution >= 0.6 is 24.0 Å². The largest absolute Gasteiger partial charge is 0.339 e. The van der Waals surface area contributed by atoms with E-state index in [1.807, 2.05) is 23.1 Å². The van der Waals surface area contributed by atoms with Crippen LogP contribution in [-0.4, -0.2) is 42.4 Å². The van der Waals surface area contributed by atoms with Gasteiger partial charge in [0.15, 0.2) is 0 Å². The van der Waals surface area contributed by atoms with E-state index < -0.39 is 0 Å². The first-order valence-corrected chi connectivity index (χ1v) is 8.44. The molecule has 2 N–H and O–H groups in total. The Hall–Kier alpha value is -1.30. The molecule has 24 heavy (non-hydrogen) atoms. The van der Waals surface area contributed by atoms with Crippen molar-refractivity contribution in [1.29, 1.82) is 0 Å². The summed E-state index contributed by atoms with van der Waals surface area (Å²) in [4.78, 5) is 28.7. The van der Waals surface area contributed by atoms with Gasteiger partial charge in [0.05, 0.1) is 16.6 Å². The molecule has 0 aliphatic carbocycles. The van der Waals surface area contributed by atoms with E-state index in [9.17, 15) is 9.59 Å². The molecule has 3 rings (SSSR count). The van der Waals surface area contributed by atoms with Gasteiger partial charge in [-0.25, -0.2) is 0 Å². The van der Waals surface area contributed by atoms with Gasteiger partial charge in [0, 0.05) is 25.6 Å². The molecule has 2 saturated heterocycles. The van der Waals surface area contributed by atoms with Gasteiger partial charge in [-0.15, -0.1) is 12.4 Å². The Morgan fingerprint density at radius 2 is 2.04 bits per heavy atom. The molecule has 0 saturated carbocycles. The number of hydrogen-bond donors (Lipinski definition) is 1. The fourth-order valence-electron chi connectivity index (χ4n) is 3.63. The van der Waals surface area contributed by atoms with Gasteiger partial charge in [-0.1, -0.05) is 23.7 Å². The van der Waals surface area contributed by atoms with E-state index in [-0.39, 0.29) is 42.6 Å². The third kappa shape index (κ3) is 3.53. The average molecular weight is 372 g/mol. The highest BCUT2D eigenvalue weighted by molar-refractivity contribution is 6.33. The molecule has 3 atom stereocenters. The summed E-state index contributed by atoms with van der Waals surface area (Å²) in [7, 11) is 0. The van der Waals surface area contributed by atoms with Crippen LogP contribution in [-0.2, 0) is 9.59 Å². The molecule has 2 aliphatic heterocycles. The Balaban J connectivity index is 0.00000208. The van der Waals surface area contributed by atoms with Crippen molar-refractivity contribution in [3.8, 4) is 0 Å². The van der Waals surface area contributed by atoms with Crippen molar-refractivity contribution < 1.29 is 9.59 Å². The summed E-state index contributed by atoms with van der Waals surface area (Å²) in [6.07, 6.45) is 1.19. The molecule has 0 spiro atoms. The van der Waals surface area contributed by atoms with Gasteiger partial charge in [-0.3, -0.25) is 9.59 Å². The summed E-state index contributed by atoms with van der Waals surface area (Å²) < 4.78 is 0. The van der Waals surface area contributed by atoms with Gasteiger partial charge in [0.1, 0.15) is 0 Å². The Morgan fingerprint density at radius 1 is 1.33 bits per heavy atom. The lowest BCUT2D eigenvalue weighted by atomic mass is 10.1. The van der Waals surface area contributed by atoms with Crippen LogP contribution in [0.5, 0.6) is 0 Å². The summed E-state index contributed by atoms with van der Waals surface area (Å²) in [5, 5.41) is 0.534. The summed E-state index contributed by atoms with van der Waals surface area (Å²) in [6.45, 7) is 3.75. The second kappa shape index (κ2) is 7.72. The molecule has 3 unspecified atom stereocenters. The van der Waals surface area contributed by atoms with Crippen molar-refractivity contribution in [2.24, 2.45) is 17.6 Å². The summed E-state index contributed by atoms with van der Waals surface area (Å²) in [5.41, 5.74) is 6.42. The predicted molar refractivity (Wildman–Crippen MR) is 97.5 cm³/mol. The first kappa shape index (κ1) is 19.0. The van der Waals surface area contributed by atoms with E-state index in [4.69, 9.17) is 17.3 Å². The van der Waals surface area contributed by atoms with Crippen molar-refractivity contribution in [1.82, 2.24) is 4.90 Å². The standard InChI is InChI=1S/C17H22ClN3O2.ClH/c1-11-6-12(8-19)9-20(11)17(23)13-7-16(22)21(10-13)15-5-3-2-4-14(15)18;/h2-5,11-13H,6-10,19H2,1H3;1H. The van der Waals surface area contributed by atoms with Gasteiger partial charge >= 0.3 is 0 Å². The minimum absolute atomic E-state index is 0. The number of amides is 2. The Bertz CT molecular complexity index is 626. The predicted octanol–water partition coefficient (Wildman–Crippen LogP) is 2.31. The van der Waals surface area contributed by atoms with Gasteiger partial charge in [-0.2, -0.15) is 0 Å². The monoisotopic (exact) mass is 371 g/mol. The first-order valence-electron chi connectivity index (χ1n) is 8.06. The molecule has 0 aromatic heterocycles. The number of halogens is 2. The van der Waals surface area contributed by atoms with Gasteiger partial charge < -0.3 is 15.5 Å². The normalized spacial score (nSPS) is 26.6. The maximum Gasteiger partial charge on any atom is 0.228 e. The maximum atomic E-state index is 12.8. The lowest BCUT2D eigenvalue weighted by molar-refractivity contribution is -0.136. The molecule has 7 heteroatoms. The van der Waals surface area contributed by atoms with Crippen LogP contribution in [0.2, 0.25) is 5.02 Å². The molecule has 0 radical (unpaired) electrons. The molecule has 1 aromatic carbocycles. The van der Waals surface area contributed by atoms with Gasteiger partial charge in [-0.05, 0) is 37.9 Å². The number of benzene rings is 1. The van der Waals surface area contributed by atoms with E-state index >= 15 is 0 Å². The quantitative estimate of drug-likeness (QED) is 0.886. The van der Waals surface area contributed by atoms with Crippen molar-refractivity contribution >= 4 is 41.5 Å². The van der Waals surface area contributed by atoms with Crippen molar-refractivity contribution in [2.45, 2.75) is 25.8 Å². The lowest BCUT2D eigenvalue weighted by Crippen LogP contribution is -2.40. The zero-order valence-corrected chi connectivity index (χ0v) is 15.2. The van der Waals surface area contributed by atoms with Crippen molar-refractivity contribution in [3.63, 3.8) is 0 Å². The van der Waals surface area contributed by atoms with Crippen molar-refractivity contribution in [2.75, 3.05) is 24.5 Å². The second-order valence-corrected chi connectivity index (χ2v) is 6.94. The number of carbonyl (C=O) groups is 2. The molecule has 0 bridgehead atoms. The summed E-state index contributed by atoms with van der Waals surface area (Å²) >= 11 is 6.18. The van der Waals surface area contributed by atoms with Crippen LogP contribution in [0, 0.1) is 11.8 Å². The van der Waals surface area contributed by atoms with Crippen LogP contribution in [0.1, 0.15) is 19.8 Å². The Kier molecular flexibility index (Phi) is 6.12. The fraction of sp³-hybridized carbons (Fsp3) is 0.529. The first-order chi connectivity index (χ1) is 11.0. The smallest absolute Gasteiger partial charge is 0.228 e. The molecule has 5 nitrogen and oxygen atoms in total. The number of anilines is 1. The fourth-order valence-corrected chi connectivity index (χ4v) is 3.87. The van der Waals surface area contributed by atoms with Gasteiger partial charge in [0.25, 0.3) is 0 Å². The lowest BCUT2D eigenvalue weighted by Gasteiger charge is -2.25. The highest BCUT2D eigenvalue weighted by Crippen LogP contribution is 2.33. The zero-order valence-electron chi connectivity index (χ0n) is 13.7. The number of carbonyl (C=O) groups excluding carboxylic acids is 2. The van der Waals surface area contributed by atoms with Crippen LogP contribution in [0.4, 0.5) is 5.69 Å². The number of nitrogens with two attached hydrogens (primary N) is 1. The minimum Gasteiger partial charge on any atom is -0.339 e. The van der Waals surface area contributed by atoms with E-state index in [0.717, 1.165) is 6.42 Å². The van der Waals surface area contributed by atoms with Crippen LogP contribution in [0.25, 0.3) is 0 Å².